The molecule has 1 heterocycles. The third-order valence-electron chi connectivity index (χ3n) is 4.62. The summed E-state index contributed by atoms with van der Waals surface area (Å²) in [5.41, 5.74) is 3.18. The molecule has 0 bridgehead atoms. The summed E-state index contributed by atoms with van der Waals surface area (Å²) in [6.07, 6.45) is 8.72. The Morgan fingerprint density at radius 3 is 2.83 bits per heavy atom. The molecule has 3 rings (SSSR count). The summed E-state index contributed by atoms with van der Waals surface area (Å²) in [6, 6.07) is 17.0. The smallest absolute Gasteiger partial charge is 0.255 e. The standard InChI is InChI=1S/C25H28N2O2/c1-3-4-5-6-7-8-16-29-23-11-9-10-22(18-23)27-25(28)21-14-15-24-20(17-21)13-12-19(2)26-24/h4-5,9-15,17-18H,3,6-8,16H2,1-2H3,(H,27,28). The van der Waals surface area contributed by atoms with Crippen molar-refractivity contribution in [1.29, 1.82) is 0 Å². The van der Waals surface area contributed by atoms with Crippen LogP contribution in [0.15, 0.2) is 66.7 Å². The Bertz CT molecular complexity index is 995. The number of rotatable bonds is 9. The zero-order chi connectivity index (χ0) is 20.5. The van der Waals surface area contributed by atoms with Gasteiger partial charge < -0.3 is 10.1 Å². The van der Waals surface area contributed by atoms with Crippen LogP contribution in [0.1, 0.15) is 48.7 Å². The summed E-state index contributed by atoms with van der Waals surface area (Å²) in [7, 11) is 0. The third kappa shape index (κ3) is 6.18. The van der Waals surface area contributed by atoms with Gasteiger partial charge in [0.05, 0.1) is 12.1 Å². The summed E-state index contributed by atoms with van der Waals surface area (Å²) in [6.45, 7) is 4.77. The fourth-order valence-corrected chi connectivity index (χ4v) is 3.07. The van der Waals surface area contributed by atoms with Crippen molar-refractivity contribution in [2.24, 2.45) is 0 Å². The molecule has 0 fully saturated rings. The summed E-state index contributed by atoms with van der Waals surface area (Å²) < 4.78 is 5.83. The summed E-state index contributed by atoms with van der Waals surface area (Å²) >= 11 is 0. The number of fused-ring (bicyclic) bond motifs is 1. The van der Waals surface area contributed by atoms with Crippen LogP contribution in [0, 0.1) is 6.92 Å². The molecule has 3 aromatic rings. The fourth-order valence-electron chi connectivity index (χ4n) is 3.07. The number of allylic oxidation sites excluding steroid dienone is 2. The van der Waals surface area contributed by atoms with Crippen molar-refractivity contribution in [1.82, 2.24) is 4.98 Å². The fraction of sp³-hybridized carbons (Fsp3) is 0.280. The summed E-state index contributed by atoms with van der Waals surface area (Å²) in [5.74, 6) is 0.623. The van der Waals surface area contributed by atoms with E-state index < -0.39 is 0 Å². The molecule has 1 N–H and O–H groups in total. The van der Waals surface area contributed by atoms with Crippen molar-refractivity contribution >= 4 is 22.5 Å². The summed E-state index contributed by atoms with van der Waals surface area (Å²) in [4.78, 5) is 17.1. The van der Waals surface area contributed by atoms with E-state index in [0.29, 0.717) is 12.2 Å². The van der Waals surface area contributed by atoms with Gasteiger partial charge in [0.1, 0.15) is 5.75 Å². The number of carbonyl (C=O) groups is 1. The Balaban J connectivity index is 1.56. The van der Waals surface area contributed by atoms with E-state index >= 15 is 0 Å². The molecule has 4 heteroatoms. The van der Waals surface area contributed by atoms with Gasteiger partial charge in [-0.15, -0.1) is 0 Å². The molecule has 1 aromatic heterocycles. The number of nitrogens with one attached hydrogen (secondary N) is 1. The lowest BCUT2D eigenvalue weighted by Crippen LogP contribution is -2.12. The van der Waals surface area contributed by atoms with Gasteiger partial charge in [-0.3, -0.25) is 9.78 Å². The molecule has 2 aromatic carbocycles. The Hall–Kier alpha value is -3.14. The van der Waals surface area contributed by atoms with E-state index in [2.05, 4.69) is 29.4 Å². The van der Waals surface area contributed by atoms with Crippen molar-refractivity contribution in [2.45, 2.75) is 39.5 Å². The minimum atomic E-state index is -0.146. The van der Waals surface area contributed by atoms with Crippen LogP contribution in [0.2, 0.25) is 0 Å². The van der Waals surface area contributed by atoms with E-state index in [1.165, 1.54) is 0 Å². The van der Waals surface area contributed by atoms with Crippen LogP contribution in [0.25, 0.3) is 10.9 Å². The quantitative estimate of drug-likeness (QED) is 0.345. The zero-order valence-corrected chi connectivity index (χ0v) is 17.2. The van der Waals surface area contributed by atoms with Crippen LogP contribution in [0.3, 0.4) is 0 Å². The van der Waals surface area contributed by atoms with Crippen LogP contribution in [-0.2, 0) is 0 Å². The predicted molar refractivity (Wildman–Crippen MR) is 120 cm³/mol. The molecule has 0 aliphatic carbocycles. The van der Waals surface area contributed by atoms with Gasteiger partial charge in [0, 0.05) is 28.4 Å². The number of pyridine rings is 1. The van der Waals surface area contributed by atoms with E-state index in [0.717, 1.165) is 53.7 Å². The number of hydrogen-bond acceptors (Lipinski definition) is 3. The minimum Gasteiger partial charge on any atom is -0.494 e. The molecule has 0 spiro atoms. The molecular formula is C25H28N2O2. The normalized spacial score (nSPS) is 11.1. The lowest BCUT2D eigenvalue weighted by molar-refractivity contribution is 0.102. The van der Waals surface area contributed by atoms with Crippen molar-refractivity contribution < 1.29 is 9.53 Å². The van der Waals surface area contributed by atoms with E-state index in [4.69, 9.17) is 4.74 Å². The maximum atomic E-state index is 12.6. The molecule has 0 aliphatic rings. The maximum Gasteiger partial charge on any atom is 0.255 e. The molecule has 29 heavy (non-hydrogen) atoms. The molecule has 0 saturated heterocycles. The van der Waals surface area contributed by atoms with Gasteiger partial charge in [-0.25, -0.2) is 0 Å². The molecule has 0 radical (unpaired) electrons. The number of hydrogen-bond donors (Lipinski definition) is 1. The third-order valence-corrected chi connectivity index (χ3v) is 4.62. The van der Waals surface area contributed by atoms with Crippen LogP contribution in [-0.4, -0.2) is 17.5 Å². The number of anilines is 1. The van der Waals surface area contributed by atoms with E-state index in [-0.39, 0.29) is 5.91 Å². The highest BCUT2D eigenvalue weighted by atomic mass is 16.5. The number of benzene rings is 2. The lowest BCUT2D eigenvalue weighted by atomic mass is 10.1. The molecule has 0 unspecified atom stereocenters. The van der Waals surface area contributed by atoms with Crippen molar-refractivity contribution in [2.75, 3.05) is 11.9 Å². The second-order valence-electron chi connectivity index (χ2n) is 7.07. The van der Waals surface area contributed by atoms with Gasteiger partial charge in [-0.05, 0) is 69.0 Å². The average Bonchev–Trinajstić information content (AvgIpc) is 2.73. The molecular weight excluding hydrogens is 360 g/mol. The number of amides is 1. The Morgan fingerprint density at radius 1 is 1.07 bits per heavy atom. The molecule has 1 amide bonds. The average molecular weight is 389 g/mol. The second-order valence-corrected chi connectivity index (χ2v) is 7.07. The highest BCUT2D eigenvalue weighted by Gasteiger charge is 2.08. The lowest BCUT2D eigenvalue weighted by Gasteiger charge is -2.10. The Labute approximate surface area is 172 Å². The summed E-state index contributed by atoms with van der Waals surface area (Å²) in [5, 5.41) is 3.90. The number of ether oxygens (including phenoxy) is 1. The van der Waals surface area contributed by atoms with Crippen LogP contribution in [0.5, 0.6) is 5.75 Å². The number of aryl methyl sites for hydroxylation is 1. The van der Waals surface area contributed by atoms with Gasteiger partial charge in [0.15, 0.2) is 0 Å². The minimum absolute atomic E-state index is 0.146. The topological polar surface area (TPSA) is 51.2 Å². The maximum absolute atomic E-state index is 12.6. The molecule has 0 saturated carbocycles. The van der Waals surface area contributed by atoms with E-state index in [9.17, 15) is 4.79 Å². The number of nitrogens with zero attached hydrogens (tertiary/aromatic N) is 1. The molecule has 4 nitrogen and oxygen atoms in total. The van der Waals surface area contributed by atoms with Crippen LogP contribution in [0.4, 0.5) is 5.69 Å². The highest BCUT2D eigenvalue weighted by molar-refractivity contribution is 6.06. The monoisotopic (exact) mass is 388 g/mol. The number of aromatic nitrogens is 1. The Kier molecular flexibility index (Phi) is 7.40. The first-order chi connectivity index (χ1) is 14.2. The number of carbonyl (C=O) groups excluding carboxylic acids is 1. The van der Waals surface area contributed by atoms with Crippen LogP contribution >= 0.6 is 0 Å². The van der Waals surface area contributed by atoms with Gasteiger partial charge >= 0.3 is 0 Å². The molecule has 150 valence electrons. The predicted octanol–water partition coefficient (Wildman–Crippen LogP) is 6.31. The van der Waals surface area contributed by atoms with Gasteiger partial charge in [0.25, 0.3) is 5.91 Å². The number of unbranched alkanes of at least 4 members (excludes halogenated alkanes) is 2. The van der Waals surface area contributed by atoms with Crippen molar-refractivity contribution in [3.8, 4) is 5.75 Å². The van der Waals surface area contributed by atoms with Gasteiger partial charge in [-0.1, -0.05) is 31.2 Å². The first kappa shape index (κ1) is 20.6. The highest BCUT2D eigenvalue weighted by Crippen LogP contribution is 2.20. The van der Waals surface area contributed by atoms with E-state index in [1.54, 1.807) is 6.07 Å². The van der Waals surface area contributed by atoms with E-state index in [1.807, 2.05) is 55.5 Å². The van der Waals surface area contributed by atoms with Gasteiger partial charge in [0.2, 0.25) is 0 Å². The van der Waals surface area contributed by atoms with Crippen LogP contribution < -0.4 is 10.1 Å². The first-order valence-corrected chi connectivity index (χ1v) is 10.2. The largest absolute Gasteiger partial charge is 0.494 e. The van der Waals surface area contributed by atoms with Crippen molar-refractivity contribution in [3.05, 3.63) is 78.0 Å². The SMILES string of the molecule is CCC=CCCCCOc1cccc(NC(=O)c2ccc3nc(C)ccc3c2)c1. The van der Waals surface area contributed by atoms with Crippen molar-refractivity contribution in [3.63, 3.8) is 0 Å². The van der Waals surface area contributed by atoms with Gasteiger partial charge in [-0.2, -0.15) is 0 Å². The second kappa shape index (κ2) is 10.4. The zero-order valence-electron chi connectivity index (χ0n) is 17.2. The first-order valence-electron chi connectivity index (χ1n) is 10.2. The molecule has 0 aliphatic heterocycles. The Morgan fingerprint density at radius 2 is 1.97 bits per heavy atom. The molecule has 0 atom stereocenters.